The lowest BCUT2D eigenvalue weighted by molar-refractivity contribution is 0.230. The average Bonchev–Trinajstić information content (AvgIpc) is 2.93. The molecule has 4 unspecified atom stereocenters. The monoisotopic (exact) mass is 237 g/mol. The van der Waals surface area contributed by atoms with Gasteiger partial charge in [0.1, 0.15) is 0 Å². The maximum Gasteiger partial charge on any atom is 0.00977 e. The van der Waals surface area contributed by atoms with Gasteiger partial charge >= 0.3 is 0 Å². The van der Waals surface area contributed by atoms with E-state index in [1.807, 2.05) is 0 Å². The molecule has 0 radical (unpaired) electrons. The van der Waals surface area contributed by atoms with Crippen molar-refractivity contribution in [3.63, 3.8) is 0 Å². The molecule has 2 bridgehead atoms. The summed E-state index contributed by atoms with van der Waals surface area (Å²) in [6.45, 7) is 8.12. The first kappa shape index (κ1) is 13.4. The van der Waals surface area contributed by atoms with Crippen molar-refractivity contribution in [3.8, 4) is 0 Å². The minimum atomic E-state index is 0.791. The van der Waals surface area contributed by atoms with Gasteiger partial charge in [0.2, 0.25) is 0 Å². The molecule has 0 spiro atoms. The molecule has 0 aliphatic heterocycles. The van der Waals surface area contributed by atoms with Crippen molar-refractivity contribution in [2.24, 2.45) is 23.7 Å². The van der Waals surface area contributed by atoms with Gasteiger partial charge in [-0.15, -0.1) is 0 Å². The van der Waals surface area contributed by atoms with E-state index in [-0.39, 0.29) is 0 Å². The van der Waals surface area contributed by atoms with Crippen LogP contribution in [0.25, 0.3) is 0 Å². The van der Waals surface area contributed by atoms with E-state index in [4.69, 9.17) is 0 Å². The largest absolute Gasteiger partial charge is 0.314 e. The van der Waals surface area contributed by atoms with Crippen molar-refractivity contribution < 1.29 is 0 Å². The third-order valence-corrected chi connectivity index (χ3v) is 5.53. The van der Waals surface area contributed by atoms with Crippen LogP contribution in [0.4, 0.5) is 0 Å². The lowest BCUT2D eigenvalue weighted by Crippen LogP contribution is -2.38. The molecule has 0 amide bonds. The van der Waals surface area contributed by atoms with Gasteiger partial charge in [-0.3, -0.25) is 0 Å². The third-order valence-electron chi connectivity index (χ3n) is 5.53. The van der Waals surface area contributed by atoms with Gasteiger partial charge in [-0.2, -0.15) is 0 Å². The summed E-state index contributed by atoms with van der Waals surface area (Å²) < 4.78 is 0. The van der Waals surface area contributed by atoms with E-state index < -0.39 is 0 Å². The standard InChI is InChI=1S/C16H31N/c1-4-13(5-2)16(17-6-3)11-15-10-12-7-8-14(15)9-12/h12-17H,4-11H2,1-3H3. The molecule has 2 saturated carbocycles. The quantitative estimate of drug-likeness (QED) is 0.699. The molecule has 17 heavy (non-hydrogen) atoms. The fourth-order valence-electron chi connectivity index (χ4n) is 4.55. The molecular weight excluding hydrogens is 206 g/mol. The summed E-state index contributed by atoms with van der Waals surface area (Å²) in [5, 5.41) is 3.77. The van der Waals surface area contributed by atoms with Crippen LogP contribution in [0.2, 0.25) is 0 Å². The van der Waals surface area contributed by atoms with Crippen LogP contribution in [-0.2, 0) is 0 Å². The molecule has 2 fully saturated rings. The molecule has 1 heteroatoms. The summed E-state index contributed by atoms with van der Waals surface area (Å²) in [6.07, 6.45) is 10.3. The highest BCUT2D eigenvalue weighted by Gasteiger charge is 2.40. The topological polar surface area (TPSA) is 12.0 Å². The predicted molar refractivity (Wildman–Crippen MR) is 75.1 cm³/mol. The van der Waals surface area contributed by atoms with Gasteiger partial charge in [0, 0.05) is 6.04 Å². The highest BCUT2D eigenvalue weighted by Crippen LogP contribution is 2.50. The van der Waals surface area contributed by atoms with Gasteiger partial charge in [0.25, 0.3) is 0 Å². The van der Waals surface area contributed by atoms with Gasteiger partial charge in [-0.25, -0.2) is 0 Å². The fraction of sp³-hybridized carbons (Fsp3) is 1.00. The molecule has 4 atom stereocenters. The fourth-order valence-corrected chi connectivity index (χ4v) is 4.55. The number of rotatable bonds is 7. The first-order valence-electron chi connectivity index (χ1n) is 8.01. The minimum Gasteiger partial charge on any atom is -0.314 e. The molecule has 1 N–H and O–H groups in total. The first-order valence-corrected chi connectivity index (χ1v) is 8.01. The highest BCUT2D eigenvalue weighted by molar-refractivity contribution is 4.92. The van der Waals surface area contributed by atoms with E-state index in [1.165, 1.54) is 32.1 Å². The van der Waals surface area contributed by atoms with Crippen LogP contribution in [0.1, 0.15) is 65.7 Å². The van der Waals surface area contributed by atoms with Gasteiger partial charge in [-0.05, 0) is 55.9 Å². The van der Waals surface area contributed by atoms with Crippen molar-refractivity contribution in [2.45, 2.75) is 71.8 Å². The Labute approximate surface area is 108 Å². The number of nitrogens with one attached hydrogen (secondary N) is 1. The minimum absolute atomic E-state index is 0.791. The van der Waals surface area contributed by atoms with Gasteiger partial charge in [-0.1, -0.05) is 40.0 Å². The normalized spacial score (nSPS) is 33.5. The molecule has 2 rings (SSSR count). The van der Waals surface area contributed by atoms with Gasteiger partial charge in [0.15, 0.2) is 0 Å². The van der Waals surface area contributed by atoms with Crippen LogP contribution >= 0.6 is 0 Å². The Morgan fingerprint density at radius 3 is 2.29 bits per heavy atom. The average molecular weight is 237 g/mol. The van der Waals surface area contributed by atoms with Crippen LogP contribution in [0, 0.1) is 23.7 Å². The second kappa shape index (κ2) is 6.22. The molecule has 1 nitrogen and oxygen atoms in total. The summed E-state index contributed by atoms with van der Waals surface area (Å²) >= 11 is 0. The third kappa shape index (κ3) is 3.05. The Bertz CT molecular complexity index is 222. The molecule has 0 heterocycles. The van der Waals surface area contributed by atoms with Crippen molar-refractivity contribution >= 4 is 0 Å². The Kier molecular flexibility index (Phi) is 4.90. The second-order valence-electron chi connectivity index (χ2n) is 6.41. The smallest absolute Gasteiger partial charge is 0.00977 e. The van der Waals surface area contributed by atoms with Gasteiger partial charge in [0.05, 0.1) is 0 Å². The molecular formula is C16H31N. The molecule has 2 aliphatic carbocycles. The predicted octanol–water partition coefficient (Wildman–Crippen LogP) is 4.23. The summed E-state index contributed by atoms with van der Waals surface area (Å²) in [6, 6.07) is 0.791. The summed E-state index contributed by atoms with van der Waals surface area (Å²) in [7, 11) is 0. The Hall–Kier alpha value is -0.0400. The SMILES string of the molecule is CCNC(CC1CC2CCC1C2)C(CC)CC. The van der Waals surface area contributed by atoms with E-state index in [0.29, 0.717) is 0 Å². The Morgan fingerprint density at radius 1 is 1.06 bits per heavy atom. The van der Waals surface area contributed by atoms with E-state index in [2.05, 4.69) is 26.1 Å². The molecule has 2 aliphatic rings. The zero-order valence-corrected chi connectivity index (χ0v) is 12.0. The highest BCUT2D eigenvalue weighted by atomic mass is 14.9. The number of hydrogen-bond acceptors (Lipinski definition) is 1. The zero-order chi connectivity index (χ0) is 12.3. The van der Waals surface area contributed by atoms with Crippen LogP contribution in [0.15, 0.2) is 0 Å². The lowest BCUT2D eigenvalue weighted by atomic mass is 9.80. The first-order chi connectivity index (χ1) is 8.28. The molecule has 0 aromatic heterocycles. The van der Waals surface area contributed by atoms with Crippen LogP contribution in [-0.4, -0.2) is 12.6 Å². The Balaban J connectivity index is 1.88. The van der Waals surface area contributed by atoms with Crippen molar-refractivity contribution in [2.75, 3.05) is 6.54 Å². The molecule has 100 valence electrons. The Morgan fingerprint density at radius 2 is 1.82 bits per heavy atom. The van der Waals surface area contributed by atoms with Crippen molar-refractivity contribution in [1.29, 1.82) is 0 Å². The van der Waals surface area contributed by atoms with Crippen LogP contribution in [0.5, 0.6) is 0 Å². The molecule has 0 aromatic carbocycles. The second-order valence-corrected chi connectivity index (χ2v) is 6.41. The zero-order valence-electron chi connectivity index (χ0n) is 12.0. The lowest BCUT2D eigenvalue weighted by Gasteiger charge is -2.31. The molecule has 0 saturated heterocycles. The number of hydrogen-bond donors (Lipinski definition) is 1. The summed E-state index contributed by atoms with van der Waals surface area (Å²) in [5.74, 6) is 4.15. The summed E-state index contributed by atoms with van der Waals surface area (Å²) in [4.78, 5) is 0. The maximum absolute atomic E-state index is 3.77. The van der Waals surface area contributed by atoms with E-state index in [9.17, 15) is 0 Å². The summed E-state index contributed by atoms with van der Waals surface area (Å²) in [5.41, 5.74) is 0. The van der Waals surface area contributed by atoms with Crippen LogP contribution in [0.3, 0.4) is 0 Å². The van der Waals surface area contributed by atoms with E-state index >= 15 is 0 Å². The maximum atomic E-state index is 3.77. The van der Waals surface area contributed by atoms with Crippen molar-refractivity contribution in [3.05, 3.63) is 0 Å². The van der Waals surface area contributed by atoms with E-state index in [0.717, 1.165) is 36.3 Å². The molecule has 0 aromatic rings. The van der Waals surface area contributed by atoms with E-state index in [1.54, 1.807) is 12.8 Å². The van der Waals surface area contributed by atoms with Crippen LogP contribution < -0.4 is 5.32 Å². The van der Waals surface area contributed by atoms with Gasteiger partial charge < -0.3 is 5.32 Å². The number of fused-ring (bicyclic) bond motifs is 2. The van der Waals surface area contributed by atoms with Crippen molar-refractivity contribution in [1.82, 2.24) is 5.32 Å².